The second-order valence-corrected chi connectivity index (χ2v) is 4.57. The Morgan fingerprint density at radius 1 is 1.44 bits per heavy atom. The van der Waals surface area contributed by atoms with Gasteiger partial charge >= 0.3 is 0 Å². The molecule has 1 fully saturated rings. The maximum Gasteiger partial charge on any atom is 0.147 e. The van der Waals surface area contributed by atoms with Crippen molar-refractivity contribution in [3.8, 4) is 0 Å². The Bertz CT molecular complexity index is 358. The van der Waals surface area contributed by atoms with Crippen molar-refractivity contribution in [2.45, 2.75) is 18.8 Å². The predicted octanol–water partition coefficient (Wildman–Crippen LogP) is 1.36. The molecule has 1 aliphatic heterocycles. The van der Waals surface area contributed by atoms with E-state index >= 15 is 0 Å². The zero-order valence-corrected chi connectivity index (χ0v) is 10.5. The number of hydrogen-bond donors (Lipinski definition) is 0. The molecule has 1 aromatic heterocycles. The summed E-state index contributed by atoms with van der Waals surface area (Å²) in [6, 6.07) is 0.471. The predicted molar refractivity (Wildman–Crippen MR) is 65.9 cm³/mol. The average molecular weight is 241 g/mol. The zero-order valence-electron chi connectivity index (χ0n) is 9.73. The maximum absolute atomic E-state index is 5.77. The van der Waals surface area contributed by atoms with Gasteiger partial charge in [0.2, 0.25) is 0 Å². The molecule has 88 valence electrons. The van der Waals surface area contributed by atoms with E-state index in [4.69, 9.17) is 11.6 Å². The van der Waals surface area contributed by atoms with Crippen LogP contribution in [0, 0.1) is 0 Å². The zero-order chi connectivity index (χ0) is 11.5. The first-order chi connectivity index (χ1) is 7.70. The van der Waals surface area contributed by atoms with Crippen molar-refractivity contribution >= 4 is 17.4 Å². The van der Waals surface area contributed by atoms with E-state index in [-0.39, 0.29) is 0 Å². The van der Waals surface area contributed by atoms with E-state index < -0.39 is 0 Å². The molecule has 1 aromatic rings. The van der Waals surface area contributed by atoms with Crippen LogP contribution in [-0.4, -0.2) is 47.6 Å². The molecule has 5 heteroatoms. The summed E-state index contributed by atoms with van der Waals surface area (Å²) in [5.74, 6) is 1.36. The van der Waals surface area contributed by atoms with Crippen LogP contribution >= 0.6 is 11.6 Å². The summed E-state index contributed by atoms with van der Waals surface area (Å²) in [4.78, 5) is 13.3. The minimum atomic E-state index is 0.420. The van der Waals surface area contributed by atoms with Gasteiger partial charge in [-0.05, 0) is 14.0 Å². The van der Waals surface area contributed by atoms with Gasteiger partial charge in [-0.1, -0.05) is 0 Å². The van der Waals surface area contributed by atoms with Crippen LogP contribution in [0.3, 0.4) is 0 Å². The Kier molecular flexibility index (Phi) is 3.61. The van der Waals surface area contributed by atoms with Crippen molar-refractivity contribution in [2.24, 2.45) is 0 Å². The first-order valence-electron chi connectivity index (χ1n) is 5.53. The molecule has 0 bridgehead atoms. The molecule has 1 unspecified atom stereocenters. The molecule has 1 aliphatic rings. The quantitative estimate of drug-likeness (QED) is 0.731. The van der Waals surface area contributed by atoms with Gasteiger partial charge in [-0.3, -0.25) is 4.98 Å². The lowest BCUT2D eigenvalue weighted by molar-refractivity contribution is 0.274. The Morgan fingerprint density at radius 2 is 2.25 bits per heavy atom. The summed E-state index contributed by atoms with van der Waals surface area (Å²) in [5, 5.41) is 0. The normalized spacial score (nSPS) is 22.4. The van der Waals surface area contributed by atoms with E-state index in [1.54, 1.807) is 6.20 Å². The largest absolute Gasteiger partial charge is 0.350 e. The summed E-state index contributed by atoms with van der Waals surface area (Å²) in [6.07, 6.45) is 3.54. The number of hydrogen-bond acceptors (Lipinski definition) is 4. The van der Waals surface area contributed by atoms with Gasteiger partial charge in [0.15, 0.2) is 0 Å². The van der Waals surface area contributed by atoms with E-state index in [0.29, 0.717) is 11.9 Å². The van der Waals surface area contributed by atoms with Crippen LogP contribution in [0.1, 0.15) is 12.6 Å². The Balaban J connectivity index is 2.16. The molecule has 16 heavy (non-hydrogen) atoms. The molecule has 0 N–H and O–H groups in total. The fourth-order valence-corrected chi connectivity index (χ4v) is 2.21. The average Bonchev–Trinajstić information content (AvgIpc) is 2.29. The van der Waals surface area contributed by atoms with Crippen molar-refractivity contribution in [3.63, 3.8) is 0 Å². The number of aromatic nitrogens is 2. The van der Waals surface area contributed by atoms with Gasteiger partial charge in [0, 0.05) is 31.9 Å². The maximum atomic E-state index is 5.77. The molecule has 0 saturated carbocycles. The molecule has 1 saturated heterocycles. The van der Waals surface area contributed by atoms with E-state index in [9.17, 15) is 0 Å². The number of likely N-dealkylation sites (N-methyl/N-ethyl adjacent to an activating group) is 1. The summed E-state index contributed by atoms with van der Waals surface area (Å²) in [6.45, 7) is 5.34. The smallest absolute Gasteiger partial charge is 0.147 e. The first kappa shape index (κ1) is 11.6. The van der Waals surface area contributed by atoms with Crippen LogP contribution < -0.4 is 4.90 Å². The molecular weight excluding hydrogens is 224 g/mol. The highest BCUT2D eigenvalue weighted by molar-refractivity contribution is 6.16. The molecule has 0 aromatic carbocycles. The highest BCUT2D eigenvalue weighted by Gasteiger charge is 2.22. The van der Waals surface area contributed by atoms with Crippen molar-refractivity contribution in [2.75, 3.05) is 31.6 Å². The van der Waals surface area contributed by atoms with Crippen LogP contribution in [0.4, 0.5) is 5.82 Å². The number of halogens is 1. The minimum Gasteiger partial charge on any atom is -0.350 e. The van der Waals surface area contributed by atoms with Gasteiger partial charge in [-0.2, -0.15) is 0 Å². The highest BCUT2D eigenvalue weighted by Crippen LogP contribution is 2.17. The van der Waals surface area contributed by atoms with Crippen LogP contribution in [0.15, 0.2) is 12.4 Å². The number of nitrogens with zero attached hydrogens (tertiary/aromatic N) is 4. The van der Waals surface area contributed by atoms with Gasteiger partial charge < -0.3 is 9.80 Å². The lowest BCUT2D eigenvalue weighted by Gasteiger charge is -2.38. The van der Waals surface area contributed by atoms with Crippen LogP contribution in [0.5, 0.6) is 0 Å². The number of anilines is 1. The molecule has 0 spiro atoms. The lowest BCUT2D eigenvalue weighted by Crippen LogP contribution is -2.50. The van der Waals surface area contributed by atoms with Gasteiger partial charge in [0.25, 0.3) is 0 Å². The first-order valence-corrected chi connectivity index (χ1v) is 6.06. The fraction of sp³-hybridized carbons (Fsp3) is 0.636. The van der Waals surface area contributed by atoms with Crippen molar-refractivity contribution in [1.29, 1.82) is 0 Å². The molecule has 0 aliphatic carbocycles. The van der Waals surface area contributed by atoms with Crippen molar-refractivity contribution in [1.82, 2.24) is 14.9 Å². The fourth-order valence-electron chi connectivity index (χ4n) is 2.08. The monoisotopic (exact) mass is 240 g/mol. The summed E-state index contributed by atoms with van der Waals surface area (Å²) in [7, 11) is 2.15. The molecule has 2 rings (SSSR count). The van der Waals surface area contributed by atoms with Gasteiger partial charge in [0.1, 0.15) is 5.82 Å². The Labute approximate surface area is 101 Å². The molecule has 0 radical (unpaired) electrons. The minimum absolute atomic E-state index is 0.420. The summed E-state index contributed by atoms with van der Waals surface area (Å²) >= 11 is 5.77. The SMILES string of the molecule is CC1CN(C)CCN1c1cncc(CCl)n1. The molecule has 1 atom stereocenters. The number of piperazine rings is 1. The van der Waals surface area contributed by atoms with E-state index in [0.717, 1.165) is 31.1 Å². The van der Waals surface area contributed by atoms with Gasteiger partial charge in [-0.15, -0.1) is 11.6 Å². The third-order valence-corrected chi connectivity index (χ3v) is 3.21. The second kappa shape index (κ2) is 4.97. The lowest BCUT2D eigenvalue weighted by atomic mass is 10.2. The molecule has 4 nitrogen and oxygen atoms in total. The second-order valence-electron chi connectivity index (χ2n) is 4.31. The molecule has 2 heterocycles. The summed E-state index contributed by atoms with van der Waals surface area (Å²) in [5.41, 5.74) is 0.838. The van der Waals surface area contributed by atoms with Crippen LogP contribution in [-0.2, 0) is 5.88 Å². The van der Waals surface area contributed by atoms with E-state index in [1.165, 1.54) is 0 Å². The van der Waals surface area contributed by atoms with Crippen LogP contribution in [0.2, 0.25) is 0 Å². The third kappa shape index (κ3) is 2.44. The van der Waals surface area contributed by atoms with Crippen molar-refractivity contribution < 1.29 is 0 Å². The van der Waals surface area contributed by atoms with Gasteiger partial charge in [-0.25, -0.2) is 4.98 Å². The third-order valence-electron chi connectivity index (χ3n) is 2.93. The Morgan fingerprint density at radius 3 is 2.94 bits per heavy atom. The van der Waals surface area contributed by atoms with Crippen LogP contribution in [0.25, 0.3) is 0 Å². The molecule has 0 amide bonds. The van der Waals surface area contributed by atoms with E-state index in [2.05, 4.69) is 33.7 Å². The van der Waals surface area contributed by atoms with Crippen molar-refractivity contribution in [3.05, 3.63) is 18.1 Å². The summed E-state index contributed by atoms with van der Waals surface area (Å²) < 4.78 is 0. The number of alkyl halides is 1. The van der Waals surface area contributed by atoms with Gasteiger partial charge in [0.05, 0.1) is 17.8 Å². The topological polar surface area (TPSA) is 32.3 Å². The van der Waals surface area contributed by atoms with E-state index in [1.807, 2.05) is 6.20 Å². The Hall–Kier alpha value is -0.870. The molecular formula is C11H17ClN4. The number of rotatable bonds is 2. The highest BCUT2D eigenvalue weighted by atomic mass is 35.5. The standard InChI is InChI=1S/C11H17ClN4/c1-9-8-15(2)3-4-16(9)11-7-13-6-10(5-12)14-11/h6-7,9H,3-5,8H2,1-2H3.